The number of aromatic hydroxyl groups is 1. The van der Waals surface area contributed by atoms with E-state index in [1.54, 1.807) is 31.4 Å². The van der Waals surface area contributed by atoms with Gasteiger partial charge in [0.25, 0.3) is 0 Å². The molecule has 0 radical (unpaired) electrons. The summed E-state index contributed by atoms with van der Waals surface area (Å²) < 4.78 is 15.6. The molecule has 1 amide bonds. The van der Waals surface area contributed by atoms with Crippen molar-refractivity contribution < 1.29 is 23.8 Å². The molecule has 1 aromatic heterocycles. The van der Waals surface area contributed by atoms with Crippen molar-refractivity contribution in [3.63, 3.8) is 0 Å². The van der Waals surface area contributed by atoms with Crippen molar-refractivity contribution in [1.29, 1.82) is 0 Å². The van der Waals surface area contributed by atoms with E-state index in [0.29, 0.717) is 11.3 Å². The molecule has 140 valence electrons. The van der Waals surface area contributed by atoms with Crippen LogP contribution >= 0.6 is 11.6 Å². The molecule has 0 atom stereocenters. The maximum Gasteiger partial charge on any atom is 0.412 e. The van der Waals surface area contributed by atoms with Crippen LogP contribution in [0.1, 0.15) is 0 Å². The molecular formula is C19H16ClNO6. The third kappa shape index (κ3) is 3.98. The number of hydrogen-bond donors (Lipinski definition) is 2. The fourth-order valence-electron chi connectivity index (χ4n) is 2.53. The number of rotatable bonds is 5. The quantitative estimate of drug-likeness (QED) is 0.648. The van der Waals surface area contributed by atoms with Crippen LogP contribution in [0, 0.1) is 0 Å². The number of ether oxygens (including phenoxy) is 2. The largest absolute Gasteiger partial charge is 0.507 e. The predicted molar refractivity (Wildman–Crippen MR) is 101 cm³/mol. The fraction of sp³-hybridized carbons (Fsp3) is 0.158. The van der Waals surface area contributed by atoms with Gasteiger partial charge in [0.2, 0.25) is 5.43 Å². The molecule has 0 fully saturated rings. The first kappa shape index (κ1) is 18.6. The van der Waals surface area contributed by atoms with Gasteiger partial charge in [0, 0.05) is 24.6 Å². The van der Waals surface area contributed by atoms with Crippen LogP contribution in [0.3, 0.4) is 0 Å². The van der Waals surface area contributed by atoms with E-state index in [1.165, 1.54) is 18.4 Å². The Bertz CT molecular complexity index is 1030. The van der Waals surface area contributed by atoms with E-state index < -0.39 is 11.5 Å². The summed E-state index contributed by atoms with van der Waals surface area (Å²) in [5, 5.41) is 12.7. The van der Waals surface area contributed by atoms with Crippen molar-refractivity contribution in [1.82, 2.24) is 5.32 Å². The summed E-state index contributed by atoms with van der Waals surface area (Å²) in [5.74, 6) is 0.575. The summed E-state index contributed by atoms with van der Waals surface area (Å²) in [7, 11) is 1.55. The second-order valence-electron chi connectivity index (χ2n) is 5.53. The maximum atomic E-state index is 12.8. The molecule has 0 aliphatic heterocycles. The predicted octanol–water partition coefficient (Wildman–Crippen LogP) is 3.50. The third-order valence-electron chi connectivity index (χ3n) is 3.81. The first-order valence-electron chi connectivity index (χ1n) is 7.98. The fourth-order valence-corrected chi connectivity index (χ4v) is 2.62. The van der Waals surface area contributed by atoms with Crippen LogP contribution in [0.5, 0.6) is 17.2 Å². The second kappa shape index (κ2) is 8.01. The zero-order chi connectivity index (χ0) is 19.4. The molecule has 0 spiro atoms. The highest BCUT2D eigenvalue weighted by Gasteiger charge is 2.15. The average Bonchev–Trinajstić information content (AvgIpc) is 2.66. The summed E-state index contributed by atoms with van der Waals surface area (Å²) in [6.07, 6.45) is 0.565. The molecule has 0 aliphatic carbocycles. The van der Waals surface area contributed by atoms with Crippen LogP contribution in [-0.4, -0.2) is 30.7 Å². The Labute approximate surface area is 159 Å². The molecule has 0 bridgehead atoms. The van der Waals surface area contributed by atoms with Gasteiger partial charge < -0.3 is 24.3 Å². The molecule has 2 N–H and O–H groups in total. The Morgan fingerprint density at radius 3 is 2.63 bits per heavy atom. The number of nitrogens with one attached hydrogen (secondary N) is 1. The normalized spacial score (nSPS) is 10.6. The van der Waals surface area contributed by atoms with Crippen LogP contribution in [0.2, 0.25) is 0 Å². The van der Waals surface area contributed by atoms with E-state index in [-0.39, 0.29) is 40.5 Å². The Balaban J connectivity index is 1.98. The number of carbonyl (C=O) groups is 1. The number of carbonyl (C=O) groups excluding carboxylic acids is 1. The molecule has 0 saturated carbocycles. The first-order chi connectivity index (χ1) is 13.0. The van der Waals surface area contributed by atoms with E-state index >= 15 is 0 Å². The maximum absolute atomic E-state index is 12.8. The minimum absolute atomic E-state index is 0.00293. The number of alkyl halides is 1. The standard InChI is InChI=1S/C19H16ClNO6/c1-25-12-4-2-11(3-5-12)14-10-26-16-9-13(27-19(24)21-7-6-20)8-15(22)17(16)18(14)23/h2-5,8-10,22H,6-7H2,1H3,(H,21,24). The topological polar surface area (TPSA) is 98.0 Å². The lowest BCUT2D eigenvalue weighted by atomic mass is 10.0. The molecule has 2 aromatic carbocycles. The Hall–Kier alpha value is -3.19. The van der Waals surface area contributed by atoms with Crippen molar-refractivity contribution in [2.24, 2.45) is 0 Å². The molecule has 7 nitrogen and oxygen atoms in total. The lowest BCUT2D eigenvalue weighted by molar-refractivity contribution is 0.201. The Morgan fingerprint density at radius 1 is 1.22 bits per heavy atom. The van der Waals surface area contributed by atoms with Crippen molar-refractivity contribution in [2.45, 2.75) is 0 Å². The molecule has 8 heteroatoms. The summed E-state index contributed by atoms with van der Waals surface area (Å²) in [6, 6.07) is 9.40. The number of amides is 1. The highest BCUT2D eigenvalue weighted by molar-refractivity contribution is 6.18. The summed E-state index contributed by atoms with van der Waals surface area (Å²) >= 11 is 5.48. The first-order valence-corrected chi connectivity index (χ1v) is 8.51. The van der Waals surface area contributed by atoms with Crippen molar-refractivity contribution >= 4 is 28.7 Å². The Kier molecular flexibility index (Phi) is 5.52. The minimum Gasteiger partial charge on any atom is -0.507 e. The average molecular weight is 390 g/mol. The summed E-state index contributed by atoms with van der Waals surface area (Å²) in [5.41, 5.74) is 0.593. The molecule has 0 unspecified atom stereocenters. The van der Waals surface area contributed by atoms with Crippen LogP contribution < -0.4 is 20.2 Å². The minimum atomic E-state index is -0.730. The lowest BCUT2D eigenvalue weighted by Crippen LogP contribution is -2.28. The van der Waals surface area contributed by atoms with Crippen LogP contribution in [0.25, 0.3) is 22.1 Å². The second-order valence-corrected chi connectivity index (χ2v) is 5.91. The number of fused-ring (bicyclic) bond motifs is 1. The van der Waals surface area contributed by atoms with Gasteiger partial charge in [-0.25, -0.2) is 4.79 Å². The van der Waals surface area contributed by atoms with E-state index in [4.69, 9.17) is 25.5 Å². The summed E-state index contributed by atoms with van der Waals surface area (Å²) in [4.78, 5) is 24.4. The lowest BCUT2D eigenvalue weighted by Gasteiger charge is -2.08. The summed E-state index contributed by atoms with van der Waals surface area (Å²) in [6.45, 7) is 0.236. The SMILES string of the molecule is COc1ccc(-c2coc3cc(OC(=O)NCCCl)cc(O)c3c2=O)cc1. The smallest absolute Gasteiger partial charge is 0.412 e. The van der Waals surface area contributed by atoms with Gasteiger partial charge in [-0.2, -0.15) is 0 Å². The number of halogens is 1. The number of methoxy groups -OCH3 is 1. The van der Waals surface area contributed by atoms with Gasteiger partial charge in [0.1, 0.15) is 34.5 Å². The molecule has 3 aromatic rings. The van der Waals surface area contributed by atoms with Crippen molar-refractivity contribution in [3.05, 3.63) is 52.9 Å². The molecule has 1 heterocycles. The number of benzene rings is 2. The Morgan fingerprint density at radius 2 is 1.96 bits per heavy atom. The van der Waals surface area contributed by atoms with Gasteiger partial charge in [0.05, 0.1) is 12.7 Å². The highest BCUT2D eigenvalue weighted by atomic mass is 35.5. The van der Waals surface area contributed by atoms with Gasteiger partial charge in [-0.1, -0.05) is 12.1 Å². The number of phenolic OH excluding ortho intramolecular Hbond substituents is 1. The van der Waals surface area contributed by atoms with Crippen LogP contribution in [0.15, 0.2) is 51.9 Å². The zero-order valence-corrected chi connectivity index (χ0v) is 15.1. The monoisotopic (exact) mass is 389 g/mol. The van der Waals surface area contributed by atoms with E-state index in [2.05, 4.69) is 5.32 Å². The number of phenols is 1. The van der Waals surface area contributed by atoms with E-state index in [9.17, 15) is 14.7 Å². The van der Waals surface area contributed by atoms with Gasteiger partial charge in [-0.15, -0.1) is 11.6 Å². The molecular weight excluding hydrogens is 374 g/mol. The van der Waals surface area contributed by atoms with Crippen LogP contribution in [-0.2, 0) is 0 Å². The van der Waals surface area contributed by atoms with Crippen molar-refractivity contribution in [2.75, 3.05) is 19.5 Å². The molecule has 3 rings (SSSR count). The molecule has 27 heavy (non-hydrogen) atoms. The number of hydrogen-bond acceptors (Lipinski definition) is 6. The van der Waals surface area contributed by atoms with Gasteiger partial charge in [0.15, 0.2) is 0 Å². The van der Waals surface area contributed by atoms with E-state index in [0.717, 1.165) is 0 Å². The van der Waals surface area contributed by atoms with Gasteiger partial charge >= 0.3 is 6.09 Å². The van der Waals surface area contributed by atoms with Crippen molar-refractivity contribution in [3.8, 4) is 28.4 Å². The molecule has 0 saturated heterocycles. The van der Waals surface area contributed by atoms with Crippen LogP contribution in [0.4, 0.5) is 4.79 Å². The molecule has 0 aliphatic rings. The zero-order valence-electron chi connectivity index (χ0n) is 14.3. The van der Waals surface area contributed by atoms with Gasteiger partial charge in [-0.3, -0.25) is 4.79 Å². The highest BCUT2D eigenvalue weighted by Crippen LogP contribution is 2.30. The van der Waals surface area contributed by atoms with E-state index in [1.807, 2.05) is 0 Å². The third-order valence-corrected chi connectivity index (χ3v) is 3.99. The van der Waals surface area contributed by atoms with Gasteiger partial charge in [-0.05, 0) is 17.7 Å².